The number of amides is 4. The molecule has 8 atom stereocenters. The van der Waals surface area contributed by atoms with E-state index in [1.165, 1.54) is 9.80 Å². The number of ether oxygens (including phenoxy) is 4. The first kappa shape index (κ1) is 55.0. The van der Waals surface area contributed by atoms with E-state index >= 15 is 0 Å². The van der Waals surface area contributed by atoms with Crippen LogP contribution < -0.4 is 0 Å². The Labute approximate surface area is 406 Å². The molecule has 1 unspecified atom stereocenters. The molecule has 4 rings (SSSR count). The number of rotatable bonds is 12. The van der Waals surface area contributed by atoms with Crippen LogP contribution in [0.25, 0.3) is 0 Å². The van der Waals surface area contributed by atoms with Gasteiger partial charge in [0.1, 0.15) is 23.3 Å². The highest BCUT2D eigenvalue weighted by atomic mass is 16.6. The van der Waals surface area contributed by atoms with Gasteiger partial charge in [0.2, 0.25) is 0 Å². The topological polar surface area (TPSA) is 135 Å². The second kappa shape index (κ2) is 25.1. The standard InChI is InChI=1S/C55H80N4O9/c1-34(2)28-44-38(9)65-41(12)51(60)56(13)45(29-35(3)4)39(10)66-50(33-43-24-20-17-21-25-43)53(62)58(15)47(31-37(7)8)55(64)68-48-26-27-59(54(48)63)46(30-36(5)6)40(11)67-49(52(61)57(44)14)32-42-22-18-16-19-23-42/h16-25,34-37,41,44-50H,9-11,26-33H2,1-8,12-15H3/t41-,44+,45+,46+,47?,48-,49-,50-/m1/s1. The smallest absolute Gasteiger partial charge is 0.329 e. The van der Waals surface area contributed by atoms with E-state index in [0.717, 1.165) is 11.1 Å². The van der Waals surface area contributed by atoms with Crippen LogP contribution in [0, 0.1) is 23.7 Å². The maximum atomic E-state index is 14.9. The first-order chi connectivity index (χ1) is 32.0. The number of benzene rings is 2. The Kier molecular flexibility index (Phi) is 20.3. The molecule has 0 radical (unpaired) electrons. The quantitative estimate of drug-likeness (QED) is 0.193. The third-order valence-corrected chi connectivity index (χ3v) is 12.8. The molecule has 2 bridgehead atoms. The van der Waals surface area contributed by atoms with Gasteiger partial charge in [0, 0.05) is 47.0 Å². The van der Waals surface area contributed by atoms with Gasteiger partial charge >= 0.3 is 5.97 Å². The molecule has 2 aromatic rings. The van der Waals surface area contributed by atoms with Crippen LogP contribution in [0.1, 0.15) is 106 Å². The molecule has 2 aliphatic rings. The van der Waals surface area contributed by atoms with Gasteiger partial charge in [-0.15, -0.1) is 0 Å². The molecule has 2 aromatic carbocycles. The van der Waals surface area contributed by atoms with Crippen molar-refractivity contribution in [3.8, 4) is 0 Å². The van der Waals surface area contributed by atoms with Crippen molar-refractivity contribution in [2.75, 3.05) is 27.7 Å². The number of esters is 1. The maximum Gasteiger partial charge on any atom is 0.329 e. The molecule has 2 heterocycles. The van der Waals surface area contributed by atoms with Gasteiger partial charge in [0.15, 0.2) is 24.4 Å². The predicted molar refractivity (Wildman–Crippen MR) is 265 cm³/mol. The first-order valence-electron chi connectivity index (χ1n) is 24.5. The van der Waals surface area contributed by atoms with Gasteiger partial charge in [-0.2, -0.15) is 0 Å². The Balaban J connectivity index is 1.85. The molecule has 13 nitrogen and oxygen atoms in total. The summed E-state index contributed by atoms with van der Waals surface area (Å²) in [6.07, 6.45) is -2.16. The Morgan fingerprint density at radius 3 is 1.31 bits per heavy atom. The summed E-state index contributed by atoms with van der Waals surface area (Å²) in [5.74, 6) is -1.43. The lowest BCUT2D eigenvalue weighted by Gasteiger charge is -2.37. The number of carbonyl (C=O) groups is 5. The van der Waals surface area contributed by atoms with E-state index in [2.05, 4.69) is 19.7 Å². The highest BCUT2D eigenvalue weighted by Crippen LogP contribution is 2.31. The van der Waals surface area contributed by atoms with E-state index in [1.807, 2.05) is 116 Å². The van der Waals surface area contributed by atoms with Crippen molar-refractivity contribution >= 4 is 29.6 Å². The summed E-state index contributed by atoms with van der Waals surface area (Å²) in [5.41, 5.74) is 1.67. The van der Waals surface area contributed by atoms with Crippen molar-refractivity contribution in [2.24, 2.45) is 23.7 Å². The SMILES string of the molecule is C=C1O[C@H](Cc2ccccc2)C(=O)N(C)C(CC(C)C)C(=O)O[C@@H]2CCN(C2=O)[C@@H](CC(C)C)C(=C)O[C@H](Cc2ccccc2)C(=O)N(C)[C@@H](CC(C)C)C(=C)O[C@H](C)C(=O)N(C)[C@H]1CC(C)C. The van der Waals surface area contributed by atoms with E-state index in [9.17, 15) is 24.0 Å². The van der Waals surface area contributed by atoms with Gasteiger partial charge < -0.3 is 38.5 Å². The largest absolute Gasteiger partial charge is 0.484 e. The minimum Gasteiger partial charge on any atom is -0.484 e. The van der Waals surface area contributed by atoms with E-state index in [1.54, 1.807) is 37.9 Å². The van der Waals surface area contributed by atoms with Crippen LogP contribution in [0.2, 0.25) is 0 Å². The van der Waals surface area contributed by atoms with Crippen molar-refractivity contribution in [2.45, 2.75) is 156 Å². The highest BCUT2D eigenvalue weighted by molar-refractivity contribution is 5.90. The fraction of sp³-hybridized carbons (Fsp3) is 0.582. The van der Waals surface area contributed by atoms with Crippen LogP contribution >= 0.6 is 0 Å². The lowest BCUT2D eigenvalue weighted by atomic mass is 9.99. The van der Waals surface area contributed by atoms with Crippen molar-refractivity contribution < 1.29 is 42.9 Å². The molecule has 0 aromatic heterocycles. The molecular formula is C55H80N4O9. The average molecular weight is 941 g/mol. The van der Waals surface area contributed by atoms with Crippen LogP contribution in [-0.4, -0.2) is 125 Å². The van der Waals surface area contributed by atoms with Crippen LogP contribution in [0.4, 0.5) is 0 Å². The van der Waals surface area contributed by atoms with Crippen LogP contribution in [0.3, 0.4) is 0 Å². The molecule has 68 heavy (non-hydrogen) atoms. The minimum atomic E-state index is -1.14. The number of likely N-dealkylation sites (N-methyl/N-ethyl adjacent to an activating group) is 3. The summed E-state index contributed by atoms with van der Waals surface area (Å²) in [5, 5.41) is 0. The Morgan fingerprint density at radius 1 is 0.500 bits per heavy atom. The highest BCUT2D eigenvalue weighted by Gasteiger charge is 2.44. The van der Waals surface area contributed by atoms with Gasteiger partial charge in [0.05, 0.1) is 18.1 Å². The summed E-state index contributed by atoms with van der Waals surface area (Å²) in [7, 11) is 4.89. The zero-order chi connectivity index (χ0) is 50.6. The van der Waals surface area contributed by atoms with E-state index in [4.69, 9.17) is 18.9 Å². The number of nitrogens with zero attached hydrogens (tertiary/aromatic N) is 4. The minimum absolute atomic E-state index is 0.0358. The number of hydrogen-bond acceptors (Lipinski definition) is 9. The van der Waals surface area contributed by atoms with Gasteiger partial charge in [-0.25, -0.2) is 4.79 Å². The van der Waals surface area contributed by atoms with Crippen LogP contribution in [-0.2, 0) is 55.8 Å². The zero-order valence-electron chi connectivity index (χ0n) is 42.9. The second-order valence-electron chi connectivity index (χ2n) is 20.4. The molecule has 2 saturated heterocycles. The Hall–Kier alpha value is -5.59. The van der Waals surface area contributed by atoms with Gasteiger partial charge in [0.25, 0.3) is 23.6 Å². The number of carbonyl (C=O) groups excluding carboxylic acids is 5. The molecule has 4 amide bonds. The molecule has 374 valence electrons. The lowest BCUT2D eigenvalue weighted by Crippen LogP contribution is -2.51. The number of fused-ring (bicyclic) bond motifs is 2. The summed E-state index contributed by atoms with van der Waals surface area (Å²) < 4.78 is 25.7. The van der Waals surface area contributed by atoms with Gasteiger partial charge in [-0.05, 0) is 67.4 Å². The van der Waals surface area contributed by atoms with E-state index in [-0.39, 0.29) is 85.0 Å². The molecule has 0 saturated carbocycles. The maximum absolute atomic E-state index is 14.9. The Bertz CT molecular complexity index is 2050. The number of hydrogen-bond donors (Lipinski definition) is 0. The van der Waals surface area contributed by atoms with Crippen molar-refractivity contribution in [3.63, 3.8) is 0 Å². The fourth-order valence-corrected chi connectivity index (χ4v) is 9.05. The fourth-order valence-electron chi connectivity index (χ4n) is 9.05. The second-order valence-corrected chi connectivity index (χ2v) is 20.4. The van der Waals surface area contributed by atoms with Crippen LogP contribution in [0.5, 0.6) is 0 Å². The summed E-state index contributed by atoms with van der Waals surface area (Å²) >= 11 is 0. The normalized spacial score (nSPS) is 25.8. The third kappa shape index (κ3) is 15.0. The van der Waals surface area contributed by atoms with E-state index in [0.29, 0.717) is 19.3 Å². The predicted octanol–water partition coefficient (Wildman–Crippen LogP) is 8.38. The first-order valence-corrected chi connectivity index (χ1v) is 24.5. The molecular weight excluding hydrogens is 861 g/mol. The lowest BCUT2D eigenvalue weighted by molar-refractivity contribution is -0.165. The molecule has 0 aliphatic carbocycles. The molecule has 0 N–H and O–H groups in total. The Morgan fingerprint density at radius 2 is 0.868 bits per heavy atom. The monoisotopic (exact) mass is 941 g/mol. The molecule has 2 aliphatic heterocycles. The van der Waals surface area contributed by atoms with E-state index < -0.39 is 66.4 Å². The molecule has 2 fully saturated rings. The van der Waals surface area contributed by atoms with Crippen molar-refractivity contribution in [3.05, 3.63) is 109 Å². The average Bonchev–Trinajstić information content (AvgIpc) is 3.64. The molecule has 13 heteroatoms. The van der Waals surface area contributed by atoms with Crippen LogP contribution in [0.15, 0.2) is 97.7 Å². The molecule has 0 spiro atoms. The summed E-state index contributed by atoms with van der Waals surface area (Å²) in [6, 6.07) is 15.9. The van der Waals surface area contributed by atoms with Crippen molar-refractivity contribution in [1.82, 2.24) is 19.6 Å². The van der Waals surface area contributed by atoms with Gasteiger partial charge in [-0.1, -0.05) is 136 Å². The summed E-state index contributed by atoms with van der Waals surface area (Å²) in [4.78, 5) is 79.1. The third-order valence-electron chi connectivity index (χ3n) is 12.8. The van der Waals surface area contributed by atoms with Gasteiger partial charge in [-0.3, -0.25) is 19.2 Å². The van der Waals surface area contributed by atoms with Crippen molar-refractivity contribution in [1.29, 1.82) is 0 Å². The summed E-state index contributed by atoms with van der Waals surface area (Å²) in [6.45, 7) is 30.9. The zero-order valence-corrected chi connectivity index (χ0v) is 42.9.